The summed E-state index contributed by atoms with van der Waals surface area (Å²) >= 11 is 15.8. The molecule has 0 unspecified atom stereocenters. The third-order valence-corrected chi connectivity index (χ3v) is 5.77. The van der Waals surface area contributed by atoms with Crippen LogP contribution in [0.1, 0.15) is 21.5 Å². The van der Waals surface area contributed by atoms with E-state index in [0.29, 0.717) is 38.4 Å². The summed E-state index contributed by atoms with van der Waals surface area (Å²) in [6, 6.07) is 15.9. The molecule has 7 heteroatoms. The number of halogens is 3. The highest BCUT2D eigenvalue weighted by molar-refractivity contribution is 9.10. The van der Waals surface area contributed by atoms with Crippen molar-refractivity contribution in [3.63, 3.8) is 0 Å². The molecular weight excluding hydrogens is 491 g/mol. The minimum Gasteiger partial charge on any atom is -0.496 e. The van der Waals surface area contributed by atoms with Gasteiger partial charge in [-0.15, -0.1) is 0 Å². The highest BCUT2D eigenvalue weighted by atomic mass is 79.9. The maximum Gasteiger partial charge on any atom is 0.231 e. The van der Waals surface area contributed by atoms with E-state index >= 15 is 0 Å². The molecule has 3 aromatic carbocycles. The number of methoxy groups -OCH3 is 1. The van der Waals surface area contributed by atoms with E-state index in [-0.39, 0.29) is 18.1 Å². The Hall–Kier alpha value is -2.47. The standard InChI is InChI=1S/C23H15BrCl2O4/c1-28-20-8-5-14(24)9-13(20)10-22-23(27)16-7-6-15(11-21(16)30-22)29-12-17-18(25)3-2-4-19(17)26/h2-11H,12H2,1H3. The minimum atomic E-state index is -0.201. The average Bonchev–Trinajstić information content (AvgIpc) is 3.02. The second-order valence-electron chi connectivity index (χ2n) is 6.47. The van der Waals surface area contributed by atoms with Crippen molar-refractivity contribution in [2.24, 2.45) is 0 Å². The van der Waals surface area contributed by atoms with Gasteiger partial charge in [-0.3, -0.25) is 4.79 Å². The average molecular weight is 506 g/mol. The second kappa shape index (κ2) is 8.72. The number of ketones is 1. The van der Waals surface area contributed by atoms with Crippen molar-refractivity contribution < 1.29 is 19.0 Å². The summed E-state index contributed by atoms with van der Waals surface area (Å²) in [4.78, 5) is 12.7. The molecule has 0 saturated carbocycles. The van der Waals surface area contributed by atoms with Crippen molar-refractivity contribution in [3.8, 4) is 17.2 Å². The maximum atomic E-state index is 12.7. The molecule has 0 aliphatic carbocycles. The van der Waals surface area contributed by atoms with Gasteiger partial charge >= 0.3 is 0 Å². The largest absolute Gasteiger partial charge is 0.496 e. The van der Waals surface area contributed by atoms with Gasteiger partial charge in [0.25, 0.3) is 0 Å². The number of carbonyl (C=O) groups excluding carboxylic acids is 1. The fourth-order valence-corrected chi connectivity index (χ4v) is 3.93. The molecule has 0 atom stereocenters. The molecule has 0 bridgehead atoms. The fraction of sp³-hybridized carbons (Fsp3) is 0.0870. The molecule has 0 fully saturated rings. The molecule has 1 aliphatic heterocycles. The van der Waals surface area contributed by atoms with Gasteiger partial charge in [0.15, 0.2) is 5.76 Å². The van der Waals surface area contributed by atoms with E-state index in [0.717, 1.165) is 10.0 Å². The van der Waals surface area contributed by atoms with Crippen molar-refractivity contribution in [1.82, 2.24) is 0 Å². The minimum absolute atomic E-state index is 0.198. The third-order valence-electron chi connectivity index (χ3n) is 4.56. The smallest absolute Gasteiger partial charge is 0.231 e. The van der Waals surface area contributed by atoms with Crippen LogP contribution >= 0.6 is 39.1 Å². The van der Waals surface area contributed by atoms with E-state index in [1.54, 1.807) is 49.6 Å². The fourth-order valence-electron chi connectivity index (χ4n) is 3.04. The molecule has 0 spiro atoms. The van der Waals surface area contributed by atoms with E-state index in [1.807, 2.05) is 18.2 Å². The van der Waals surface area contributed by atoms with E-state index in [9.17, 15) is 4.79 Å². The number of allylic oxidation sites excluding steroid dienone is 1. The highest BCUT2D eigenvalue weighted by Gasteiger charge is 2.28. The molecule has 30 heavy (non-hydrogen) atoms. The summed E-state index contributed by atoms with van der Waals surface area (Å²) in [7, 11) is 1.58. The molecule has 1 aliphatic rings. The Kier molecular flexibility index (Phi) is 6.04. The van der Waals surface area contributed by atoms with Crippen LogP contribution in [0.3, 0.4) is 0 Å². The molecular formula is C23H15BrCl2O4. The van der Waals surface area contributed by atoms with Crippen LogP contribution in [0.2, 0.25) is 10.0 Å². The van der Waals surface area contributed by atoms with Gasteiger partial charge in [-0.25, -0.2) is 0 Å². The van der Waals surface area contributed by atoms with Gasteiger partial charge in [0.2, 0.25) is 5.78 Å². The lowest BCUT2D eigenvalue weighted by Gasteiger charge is -2.10. The molecule has 0 saturated heterocycles. The van der Waals surface area contributed by atoms with Crippen LogP contribution in [0.4, 0.5) is 0 Å². The maximum absolute atomic E-state index is 12.7. The number of hydrogen-bond acceptors (Lipinski definition) is 4. The van der Waals surface area contributed by atoms with Crippen LogP contribution in [0, 0.1) is 0 Å². The van der Waals surface area contributed by atoms with Crippen LogP contribution in [0.5, 0.6) is 17.2 Å². The Morgan fingerprint density at radius 1 is 1.07 bits per heavy atom. The summed E-state index contributed by atoms with van der Waals surface area (Å²) in [5.74, 6) is 1.63. The van der Waals surface area contributed by atoms with Gasteiger partial charge in [0.1, 0.15) is 23.9 Å². The number of carbonyl (C=O) groups is 1. The first-order valence-electron chi connectivity index (χ1n) is 8.94. The molecule has 4 nitrogen and oxygen atoms in total. The molecule has 0 amide bonds. The van der Waals surface area contributed by atoms with Crippen LogP contribution in [-0.4, -0.2) is 12.9 Å². The predicted octanol–water partition coefficient (Wildman–Crippen LogP) is 6.96. The third kappa shape index (κ3) is 4.19. The van der Waals surface area contributed by atoms with Crippen molar-refractivity contribution in [1.29, 1.82) is 0 Å². The Bertz CT molecular complexity index is 1150. The summed E-state index contributed by atoms with van der Waals surface area (Å²) < 4.78 is 17.9. The first kappa shape index (κ1) is 20.8. The quantitative estimate of drug-likeness (QED) is 0.351. The lowest BCUT2D eigenvalue weighted by atomic mass is 10.1. The molecule has 0 N–H and O–H groups in total. The molecule has 0 radical (unpaired) electrons. The number of rotatable bonds is 5. The number of fused-ring (bicyclic) bond motifs is 1. The molecule has 0 aromatic heterocycles. The first-order valence-corrected chi connectivity index (χ1v) is 10.5. The molecule has 4 rings (SSSR count). The monoisotopic (exact) mass is 504 g/mol. The zero-order chi connectivity index (χ0) is 21.3. The summed E-state index contributed by atoms with van der Waals surface area (Å²) in [6.07, 6.45) is 1.66. The zero-order valence-corrected chi connectivity index (χ0v) is 18.8. The Labute approximate surface area is 192 Å². The molecule has 3 aromatic rings. The lowest BCUT2D eigenvalue weighted by Crippen LogP contribution is -1.99. The molecule has 1 heterocycles. The summed E-state index contributed by atoms with van der Waals surface area (Å²) in [6.45, 7) is 0.198. The number of Topliss-reactive ketones (excluding diaryl/α,β-unsaturated/α-hetero) is 1. The lowest BCUT2D eigenvalue weighted by molar-refractivity contribution is 0.101. The Morgan fingerprint density at radius 2 is 1.83 bits per heavy atom. The van der Waals surface area contributed by atoms with E-state index < -0.39 is 0 Å². The second-order valence-corrected chi connectivity index (χ2v) is 8.20. The molecule has 152 valence electrons. The van der Waals surface area contributed by atoms with Crippen LogP contribution < -0.4 is 14.2 Å². The van der Waals surface area contributed by atoms with Crippen LogP contribution in [0.15, 0.2) is 64.8 Å². The van der Waals surface area contributed by atoms with E-state index in [2.05, 4.69) is 15.9 Å². The Morgan fingerprint density at radius 3 is 2.57 bits per heavy atom. The summed E-state index contributed by atoms with van der Waals surface area (Å²) in [5.41, 5.74) is 1.90. The highest BCUT2D eigenvalue weighted by Crippen LogP contribution is 2.36. The predicted molar refractivity (Wildman–Crippen MR) is 121 cm³/mol. The van der Waals surface area contributed by atoms with Crippen molar-refractivity contribution in [2.75, 3.05) is 7.11 Å². The van der Waals surface area contributed by atoms with Crippen LogP contribution in [0.25, 0.3) is 6.08 Å². The van der Waals surface area contributed by atoms with Gasteiger partial charge in [-0.05, 0) is 48.5 Å². The normalized spacial score (nSPS) is 13.9. The first-order chi connectivity index (χ1) is 14.5. The topological polar surface area (TPSA) is 44.8 Å². The van der Waals surface area contributed by atoms with Crippen molar-refractivity contribution in [2.45, 2.75) is 6.61 Å². The van der Waals surface area contributed by atoms with Crippen molar-refractivity contribution in [3.05, 3.63) is 91.6 Å². The number of ether oxygens (including phenoxy) is 3. The van der Waals surface area contributed by atoms with Crippen molar-refractivity contribution >= 4 is 51.0 Å². The number of benzene rings is 3. The SMILES string of the molecule is COc1ccc(Br)cc1C=C1Oc2cc(OCc3c(Cl)cccc3Cl)ccc2C1=O. The van der Waals surface area contributed by atoms with E-state index in [1.165, 1.54) is 0 Å². The Balaban J connectivity index is 1.56. The van der Waals surface area contributed by atoms with E-state index in [4.69, 9.17) is 37.4 Å². The van der Waals surface area contributed by atoms with Gasteiger partial charge in [-0.2, -0.15) is 0 Å². The zero-order valence-electron chi connectivity index (χ0n) is 15.7. The van der Waals surface area contributed by atoms with Gasteiger partial charge in [0, 0.05) is 31.7 Å². The summed E-state index contributed by atoms with van der Waals surface area (Å²) in [5, 5.41) is 1.06. The van der Waals surface area contributed by atoms with Gasteiger partial charge in [0.05, 0.1) is 12.7 Å². The van der Waals surface area contributed by atoms with Gasteiger partial charge in [-0.1, -0.05) is 45.2 Å². The van der Waals surface area contributed by atoms with Gasteiger partial charge < -0.3 is 14.2 Å². The number of hydrogen-bond donors (Lipinski definition) is 0. The van der Waals surface area contributed by atoms with Crippen LogP contribution in [-0.2, 0) is 6.61 Å².